The van der Waals surface area contributed by atoms with E-state index in [1.165, 1.54) is 0 Å². The van der Waals surface area contributed by atoms with Crippen LogP contribution >= 0.6 is 0 Å². The van der Waals surface area contributed by atoms with Gasteiger partial charge in [-0.2, -0.15) is 0 Å². The monoisotopic (exact) mass is 609 g/mol. The maximum absolute atomic E-state index is 13.4. The molecule has 1 heterocycles. The minimum absolute atomic E-state index is 0.0368. The minimum atomic E-state index is -1.19. The molecule has 3 unspecified atom stereocenters. The van der Waals surface area contributed by atoms with Crippen molar-refractivity contribution in [3.05, 3.63) is 71.4 Å². The first-order chi connectivity index (χ1) is 20.8. The number of para-hydroxylation sites is 1. The summed E-state index contributed by atoms with van der Waals surface area (Å²) in [4.78, 5) is 42.1. The highest BCUT2D eigenvalue weighted by Crippen LogP contribution is 2.24. The van der Waals surface area contributed by atoms with Gasteiger partial charge in [0.05, 0.1) is 6.61 Å². The number of benzene rings is 2. The Morgan fingerprint density at radius 1 is 0.886 bits per heavy atom. The molecule has 240 valence electrons. The van der Waals surface area contributed by atoms with Gasteiger partial charge in [0.1, 0.15) is 30.5 Å². The van der Waals surface area contributed by atoms with Gasteiger partial charge in [-0.15, -0.1) is 0 Å². The van der Waals surface area contributed by atoms with Crippen LogP contribution < -0.4 is 10.6 Å². The Kier molecular flexibility index (Phi) is 12.8. The maximum atomic E-state index is 13.4. The molecule has 0 aliphatic carbocycles. The minimum Gasteiger partial charge on any atom is -0.464 e. The zero-order valence-electron chi connectivity index (χ0n) is 26.6. The fourth-order valence-electron chi connectivity index (χ4n) is 4.68. The summed E-state index contributed by atoms with van der Waals surface area (Å²) in [6.07, 6.45) is -0.933. The van der Waals surface area contributed by atoms with E-state index >= 15 is 0 Å². The van der Waals surface area contributed by atoms with Gasteiger partial charge in [-0.25, -0.2) is 9.59 Å². The van der Waals surface area contributed by atoms with Gasteiger partial charge in [-0.3, -0.25) is 10.1 Å². The summed E-state index contributed by atoms with van der Waals surface area (Å²) in [7, 11) is 0. The Morgan fingerprint density at radius 2 is 1.55 bits per heavy atom. The second-order valence-electron chi connectivity index (χ2n) is 12.4. The van der Waals surface area contributed by atoms with Crippen LogP contribution in [0.3, 0.4) is 0 Å². The summed E-state index contributed by atoms with van der Waals surface area (Å²) in [6, 6.07) is 15.2. The molecule has 0 bridgehead atoms. The molecule has 0 aliphatic rings. The van der Waals surface area contributed by atoms with Crippen molar-refractivity contribution in [3.63, 3.8) is 0 Å². The van der Waals surface area contributed by atoms with E-state index in [4.69, 9.17) is 14.2 Å². The topological polar surface area (TPSA) is 139 Å². The largest absolute Gasteiger partial charge is 0.464 e. The molecule has 3 rings (SSSR count). The first kappa shape index (κ1) is 34.6. The van der Waals surface area contributed by atoms with Gasteiger partial charge < -0.3 is 29.6 Å². The van der Waals surface area contributed by atoms with Crippen LogP contribution in [-0.2, 0) is 36.8 Å². The predicted molar refractivity (Wildman–Crippen MR) is 169 cm³/mol. The number of hydrogen-bond acceptors (Lipinski definition) is 8. The molecule has 1 aromatic heterocycles. The SMILES string of the molecule is Cc1[nH]c2ccccc2c1CC(NC(O)CCC(NC(=O)OC(C)(C)C)C(=O)OCCC(C)C)C(=O)OCc1ccccc1. The second-order valence-corrected chi connectivity index (χ2v) is 12.4. The van der Waals surface area contributed by atoms with Gasteiger partial charge in [0.25, 0.3) is 0 Å². The molecule has 0 radical (unpaired) electrons. The molecular formula is C34H47N3O7. The van der Waals surface area contributed by atoms with Crippen molar-refractivity contribution in [2.24, 2.45) is 5.92 Å². The fourth-order valence-corrected chi connectivity index (χ4v) is 4.68. The van der Waals surface area contributed by atoms with Crippen molar-refractivity contribution in [1.29, 1.82) is 0 Å². The first-order valence-electron chi connectivity index (χ1n) is 15.2. The Hall–Kier alpha value is -3.89. The van der Waals surface area contributed by atoms with E-state index in [9.17, 15) is 19.5 Å². The van der Waals surface area contributed by atoms with E-state index in [1.54, 1.807) is 20.8 Å². The number of rotatable bonds is 15. The quantitative estimate of drug-likeness (QED) is 0.103. The normalized spacial score (nSPS) is 13.7. The van der Waals surface area contributed by atoms with Gasteiger partial charge in [0.2, 0.25) is 0 Å². The van der Waals surface area contributed by atoms with Crippen molar-refractivity contribution in [1.82, 2.24) is 15.6 Å². The van der Waals surface area contributed by atoms with Crippen LogP contribution in [0.25, 0.3) is 10.9 Å². The number of nitrogens with one attached hydrogen (secondary N) is 3. The number of amides is 1. The maximum Gasteiger partial charge on any atom is 0.408 e. The molecule has 0 aliphatic heterocycles. The van der Waals surface area contributed by atoms with Crippen molar-refractivity contribution < 1.29 is 33.7 Å². The molecule has 0 spiro atoms. The molecule has 4 N–H and O–H groups in total. The number of esters is 2. The van der Waals surface area contributed by atoms with Crippen LogP contribution in [-0.4, -0.2) is 58.6 Å². The number of ether oxygens (including phenoxy) is 3. The summed E-state index contributed by atoms with van der Waals surface area (Å²) in [5.74, 6) is -0.795. The summed E-state index contributed by atoms with van der Waals surface area (Å²) >= 11 is 0. The number of carbonyl (C=O) groups is 3. The summed E-state index contributed by atoms with van der Waals surface area (Å²) in [5, 5.41) is 17.6. The lowest BCUT2D eigenvalue weighted by Gasteiger charge is -2.25. The highest BCUT2D eigenvalue weighted by atomic mass is 16.6. The zero-order chi connectivity index (χ0) is 32.3. The number of hydrogen-bond donors (Lipinski definition) is 4. The van der Waals surface area contributed by atoms with Gasteiger partial charge in [0, 0.05) is 23.0 Å². The van der Waals surface area contributed by atoms with E-state index in [-0.39, 0.29) is 32.5 Å². The Balaban J connectivity index is 1.72. The fraction of sp³-hybridized carbons (Fsp3) is 0.500. The average molecular weight is 610 g/mol. The molecule has 0 saturated heterocycles. The summed E-state index contributed by atoms with van der Waals surface area (Å²) in [6.45, 7) is 11.5. The van der Waals surface area contributed by atoms with E-state index in [2.05, 4.69) is 15.6 Å². The lowest BCUT2D eigenvalue weighted by atomic mass is 10.0. The smallest absolute Gasteiger partial charge is 0.408 e. The van der Waals surface area contributed by atoms with Crippen molar-refractivity contribution >= 4 is 28.9 Å². The van der Waals surface area contributed by atoms with Crippen LogP contribution in [0.2, 0.25) is 0 Å². The molecule has 3 atom stereocenters. The van der Waals surface area contributed by atoms with Crippen molar-refractivity contribution in [3.8, 4) is 0 Å². The van der Waals surface area contributed by atoms with Gasteiger partial charge in [-0.05, 0) is 70.1 Å². The van der Waals surface area contributed by atoms with E-state index < -0.39 is 41.9 Å². The zero-order valence-corrected chi connectivity index (χ0v) is 26.6. The number of aryl methyl sites for hydroxylation is 1. The number of fused-ring (bicyclic) bond motifs is 1. The second kappa shape index (κ2) is 16.3. The summed E-state index contributed by atoms with van der Waals surface area (Å²) in [5.41, 5.74) is 2.87. The molecule has 44 heavy (non-hydrogen) atoms. The number of aromatic amines is 1. The number of aliphatic hydroxyl groups excluding tert-OH is 1. The third kappa shape index (κ3) is 11.3. The van der Waals surface area contributed by atoms with Gasteiger partial charge >= 0.3 is 18.0 Å². The Labute approximate surface area is 259 Å². The highest BCUT2D eigenvalue weighted by molar-refractivity contribution is 5.86. The van der Waals surface area contributed by atoms with Crippen molar-refractivity contribution in [2.45, 2.75) is 97.7 Å². The Morgan fingerprint density at radius 3 is 2.23 bits per heavy atom. The predicted octanol–water partition coefficient (Wildman–Crippen LogP) is 5.30. The molecule has 2 aromatic carbocycles. The third-order valence-corrected chi connectivity index (χ3v) is 6.98. The number of carbonyl (C=O) groups excluding carboxylic acids is 3. The van der Waals surface area contributed by atoms with Crippen LogP contribution in [0.15, 0.2) is 54.6 Å². The number of H-pyrrole nitrogens is 1. The van der Waals surface area contributed by atoms with E-state index in [0.29, 0.717) is 12.3 Å². The van der Waals surface area contributed by atoms with E-state index in [1.807, 2.05) is 75.4 Å². The van der Waals surface area contributed by atoms with Crippen LogP contribution in [0.4, 0.5) is 4.79 Å². The number of aliphatic hydroxyl groups is 1. The standard InChI is InChI=1S/C34H47N3O7/c1-22(2)18-19-42-31(39)28(37-33(41)44-34(4,5)6)16-17-30(38)36-29(32(40)43-21-24-12-8-7-9-13-24)20-26-23(3)35-27-15-11-10-14-25(26)27/h7-15,22,28-30,35-36,38H,16-21H2,1-6H3,(H,37,41). The van der Waals surface area contributed by atoms with E-state index in [0.717, 1.165) is 27.7 Å². The number of aromatic nitrogens is 1. The van der Waals surface area contributed by atoms with Crippen LogP contribution in [0, 0.1) is 12.8 Å². The highest BCUT2D eigenvalue weighted by Gasteiger charge is 2.29. The van der Waals surface area contributed by atoms with Gasteiger partial charge in [0.15, 0.2) is 0 Å². The molecule has 0 fully saturated rings. The third-order valence-electron chi connectivity index (χ3n) is 6.98. The molecule has 10 heteroatoms. The van der Waals surface area contributed by atoms with Crippen molar-refractivity contribution in [2.75, 3.05) is 6.61 Å². The van der Waals surface area contributed by atoms with Crippen LogP contribution in [0.1, 0.15) is 70.7 Å². The summed E-state index contributed by atoms with van der Waals surface area (Å²) < 4.78 is 16.4. The molecule has 0 saturated carbocycles. The van der Waals surface area contributed by atoms with Crippen LogP contribution in [0.5, 0.6) is 0 Å². The number of alkyl carbamates (subject to hydrolysis) is 1. The molecule has 10 nitrogen and oxygen atoms in total. The molecular weight excluding hydrogens is 562 g/mol. The van der Waals surface area contributed by atoms with Gasteiger partial charge in [-0.1, -0.05) is 62.4 Å². The Bertz CT molecular complexity index is 1360. The molecule has 1 amide bonds. The first-order valence-corrected chi connectivity index (χ1v) is 15.2. The average Bonchev–Trinajstić information content (AvgIpc) is 3.27. The molecule has 3 aromatic rings. The lowest BCUT2D eigenvalue weighted by Crippen LogP contribution is -2.48. The lowest BCUT2D eigenvalue weighted by molar-refractivity contribution is -0.149.